The number of anilines is 1. The molecular formula is C19H22N2O3. The standard InChI is InChI=1S/C19H22N2O3/c1-23-16-9-6-10-17(24-2)18(16)19(22)21-13-11-20(12-14-21)15-7-4-3-5-8-15/h3-10H,11-14H2,1-2H3. The molecular weight excluding hydrogens is 304 g/mol. The maximum Gasteiger partial charge on any atom is 0.261 e. The second-order valence-corrected chi connectivity index (χ2v) is 5.65. The normalized spacial score (nSPS) is 14.4. The fraction of sp³-hybridized carbons (Fsp3) is 0.316. The smallest absolute Gasteiger partial charge is 0.261 e. The van der Waals surface area contributed by atoms with Crippen LogP contribution in [0.3, 0.4) is 0 Å². The van der Waals surface area contributed by atoms with Crippen LogP contribution in [0.15, 0.2) is 48.5 Å². The van der Waals surface area contributed by atoms with Gasteiger partial charge in [0.2, 0.25) is 0 Å². The van der Waals surface area contributed by atoms with Gasteiger partial charge in [-0.3, -0.25) is 4.79 Å². The molecule has 0 aliphatic carbocycles. The predicted octanol–water partition coefficient (Wildman–Crippen LogP) is 2.67. The third-order valence-electron chi connectivity index (χ3n) is 4.33. The molecule has 1 aliphatic rings. The summed E-state index contributed by atoms with van der Waals surface area (Å²) in [6.07, 6.45) is 0. The van der Waals surface area contributed by atoms with Gasteiger partial charge in [0.1, 0.15) is 17.1 Å². The van der Waals surface area contributed by atoms with Gasteiger partial charge in [0, 0.05) is 31.9 Å². The number of methoxy groups -OCH3 is 2. The first kappa shape index (κ1) is 16.2. The summed E-state index contributed by atoms with van der Waals surface area (Å²) in [7, 11) is 3.14. The lowest BCUT2D eigenvalue weighted by molar-refractivity contribution is 0.0740. The van der Waals surface area contributed by atoms with Crippen molar-refractivity contribution in [3.8, 4) is 11.5 Å². The minimum absolute atomic E-state index is 0.0444. The second-order valence-electron chi connectivity index (χ2n) is 5.65. The summed E-state index contributed by atoms with van der Waals surface area (Å²) < 4.78 is 10.7. The maximum atomic E-state index is 12.9. The lowest BCUT2D eigenvalue weighted by Crippen LogP contribution is -2.48. The van der Waals surface area contributed by atoms with Gasteiger partial charge in [-0.05, 0) is 24.3 Å². The van der Waals surface area contributed by atoms with Gasteiger partial charge in [0.05, 0.1) is 14.2 Å². The Hall–Kier alpha value is -2.69. The van der Waals surface area contributed by atoms with Crippen LogP contribution >= 0.6 is 0 Å². The SMILES string of the molecule is COc1cccc(OC)c1C(=O)N1CCN(c2ccccc2)CC1. The van der Waals surface area contributed by atoms with Crippen molar-refractivity contribution in [2.24, 2.45) is 0 Å². The summed E-state index contributed by atoms with van der Waals surface area (Å²) in [5.74, 6) is 1.05. The second kappa shape index (κ2) is 7.25. The van der Waals surface area contributed by atoms with Crippen molar-refractivity contribution in [1.29, 1.82) is 0 Å². The summed E-state index contributed by atoms with van der Waals surface area (Å²) in [5, 5.41) is 0. The van der Waals surface area contributed by atoms with E-state index in [1.54, 1.807) is 26.4 Å². The molecule has 3 rings (SSSR count). The van der Waals surface area contributed by atoms with Gasteiger partial charge in [0.25, 0.3) is 5.91 Å². The van der Waals surface area contributed by atoms with E-state index in [4.69, 9.17) is 9.47 Å². The van der Waals surface area contributed by atoms with E-state index in [2.05, 4.69) is 17.0 Å². The Morgan fingerprint density at radius 3 is 1.96 bits per heavy atom. The summed E-state index contributed by atoms with van der Waals surface area (Å²) in [6.45, 7) is 2.98. The van der Waals surface area contributed by atoms with E-state index in [0.717, 1.165) is 13.1 Å². The summed E-state index contributed by atoms with van der Waals surface area (Å²) in [6, 6.07) is 15.7. The number of carbonyl (C=O) groups is 1. The van der Waals surface area contributed by atoms with E-state index in [9.17, 15) is 4.79 Å². The minimum atomic E-state index is -0.0444. The Bertz CT molecular complexity index is 673. The highest BCUT2D eigenvalue weighted by Gasteiger charge is 2.27. The van der Waals surface area contributed by atoms with E-state index in [0.29, 0.717) is 30.2 Å². The molecule has 0 radical (unpaired) electrons. The van der Waals surface area contributed by atoms with Crippen molar-refractivity contribution in [2.45, 2.75) is 0 Å². The molecule has 1 aliphatic heterocycles. The zero-order valence-corrected chi connectivity index (χ0v) is 14.1. The van der Waals surface area contributed by atoms with Crippen LogP contribution in [0.2, 0.25) is 0 Å². The van der Waals surface area contributed by atoms with Gasteiger partial charge in [-0.2, -0.15) is 0 Å². The average Bonchev–Trinajstić information content (AvgIpc) is 2.67. The number of benzene rings is 2. The van der Waals surface area contributed by atoms with Crippen LogP contribution in [-0.4, -0.2) is 51.2 Å². The Kier molecular flexibility index (Phi) is 4.89. The van der Waals surface area contributed by atoms with Crippen molar-refractivity contribution in [3.05, 3.63) is 54.1 Å². The molecule has 5 heteroatoms. The number of rotatable bonds is 4. The maximum absolute atomic E-state index is 12.9. The third kappa shape index (κ3) is 3.15. The third-order valence-corrected chi connectivity index (χ3v) is 4.33. The van der Waals surface area contributed by atoms with E-state index in [1.165, 1.54) is 5.69 Å². The molecule has 2 aromatic carbocycles. The summed E-state index contributed by atoms with van der Waals surface area (Å²) >= 11 is 0. The van der Waals surface area contributed by atoms with Crippen LogP contribution in [0.4, 0.5) is 5.69 Å². The van der Waals surface area contributed by atoms with Gasteiger partial charge < -0.3 is 19.3 Å². The molecule has 126 valence electrons. The first-order valence-corrected chi connectivity index (χ1v) is 8.05. The number of piperazine rings is 1. The van der Waals surface area contributed by atoms with Crippen LogP contribution in [0, 0.1) is 0 Å². The topological polar surface area (TPSA) is 42.0 Å². The number of para-hydroxylation sites is 1. The van der Waals surface area contributed by atoms with E-state index in [-0.39, 0.29) is 5.91 Å². The minimum Gasteiger partial charge on any atom is -0.496 e. The average molecular weight is 326 g/mol. The summed E-state index contributed by atoms with van der Waals surface area (Å²) in [5.41, 5.74) is 1.69. The van der Waals surface area contributed by atoms with Crippen LogP contribution in [0.1, 0.15) is 10.4 Å². The van der Waals surface area contributed by atoms with Crippen molar-refractivity contribution < 1.29 is 14.3 Å². The zero-order valence-electron chi connectivity index (χ0n) is 14.1. The Morgan fingerprint density at radius 1 is 0.833 bits per heavy atom. The molecule has 0 atom stereocenters. The molecule has 0 N–H and O–H groups in total. The van der Waals surface area contributed by atoms with Gasteiger partial charge in [-0.25, -0.2) is 0 Å². The lowest BCUT2D eigenvalue weighted by atomic mass is 10.1. The highest BCUT2D eigenvalue weighted by molar-refractivity contribution is 5.99. The first-order chi connectivity index (χ1) is 11.7. The number of nitrogens with zero attached hydrogens (tertiary/aromatic N) is 2. The van der Waals surface area contributed by atoms with Gasteiger partial charge in [-0.15, -0.1) is 0 Å². The number of carbonyl (C=O) groups excluding carboxylic acids is 1. The largest absolute Gasteiger partial charge is 0.496 e. The lowest BCUT2D eigenvalue weighted by Gasteiger charge is -2.36. The Balaban J connectivity index is 1.74. The quantitative estimate of drug-likeness (QED) is 0.866. The number of hydrogen-bond acceptors (Lipinski definition) is 4. The van der Waals surface area contributed by atoms with Crippen molar-refractivity contribution >= 4 is 11.6 Å². The van der Waals surface area contributed by atoms with E-state index in [1.807, 2.05) is 29.2 Å². The molecule has 0 aromatic heterocycles. The molecule has 5 nitrogen and oxygen atoms in total. The van der Waals surface area contributed by atoms with Gasteiger partial charge in [-0.1, -0.05) is 24.3 Å². The highest BCUT2D eigenvalue weighted by Crippen LogP contribution is 2.30. The molecule has 1 heterocycles. The molecule has 2 aromatic rings. The highest BCUT2D eigenvalue weighted by atomic mass is 16.5. The number of hydrogen-bond donors (Lipinski definition) is 0. The van der Waals surface area contributed by atoms with E-state index >= 15 is 0 Å². The number of amides is 1. The van der Waals surface area contributed by atoms with Crippen LogP contribution < -0.4 is 14.4 Å². The molecule has 1 amide bonds. The zero-order chi connectivity index (χ0) is 16.9. The fourth-order valence-corrected chi connectivity index (χ4v) is 3.03. The molecule has 0 unspecified atom stereocenters. The first-order valence-electron chi connectivity index (χ1n) is 8.05. The summed E-state index contributed by atoms with van der Waals surface area (Å²) in [4.78, 5) is 17.1. The monoisotopic (exact) mass is 326 g/mol. The molecule has 0 saturated carbocycles. The molecule has 24 heavy (non-hydrogen) atoms. The van der Waals surface area contributed by atoms with Gasteiger partial charge in [0.15, 0.2) is 0 Å². The molecule has 0 bridgehead atoms. The van der Waals surface area contributed by atoms with Crippen molar-refractivity contribution in [2.75, 3.05) is 45.3 Å². The molecule has 0 spiro atoms. The molecule has 1 fully saturated rings. The fourth-order valence-electron chi connectivity index (χ4n) is 3.03. The Labute approximate surface area is 142 Å². The van der Waals surface area contributed by atoms with Gasteiger partial charge >= 0.3 is 0 Å². The van der Waals surface area contributed by atoms with Crippen LogP contribution in [0.25, 0.3) is 0 Å². The number of ether oxygens (including phenoxy) is 2. The van der Waals surface area contributed by atoms with Crippen molar-refractivity contribution in [1.82, 2.24) is 4.90 Å². The van der Waals surface area contributed by atoms with Crippen LogP contribution in [-0.2, 0) is 0 Å². The van der Waals surface area contributed by atoms with Crippen LogP contribution in [0.5, 0.6) is 11.5 Å². The molecule has 1 saturated heterocycles. The van der Waals surface area contributed by atoms with E-state index < -0.39 is 0 Å². The predicted molar refractivity (Wildman–Crippen MR) is 94.1 cm³/mol. The van der Waals surface area contributed by atoms with Crippen molar-refractivity contribution in [3.63, 3.8) is 0 Å². The Morgan fingerprint density at radius 2 is 1.42 bits per heavy atom.